The van der Waals surface area contributed by atoms with Crippen LogP contribution in [0.1, 0.15) is 26.7 Å². The molecule has 0 bridgehead atoms. The highest BCUT2D eigenvalue weighted by Gasteiger charge is 2.10. The van der Waals surface area contributed by atoms with E-state index in [-0.39, 0.29) is 0 Å². The minimum Gasteiger partial charge on any atom is -0.497 e. The molecule has 0 amide bonds. The summed E-state index contributed by atoms with van der Waals surface area (Å²) < 4.78 is 5.17. The molecular weight excluding hydrogens is 236 g/mol. The van der Waals surface area contributed by atoms with Crippen molar-refractivity contribution in [2.75, 3.05) is 32.1 Å². The average Bonchev–Trinajstić information content (AvgIpc) is 2.42. The van der Waals surface area contributed by atoms with Crippen LogP contribution in [0.25, 0.3) is 0 Å². The summed E-state index contributed by atoms with van der Waals surface area (Å²) >= 11 is 0. The summed E-state index contributed by atoms with van der Waals surface area (Å²) in [6.07, 6.45) is 2.37. The van der Waals surface area contributed by atoms with Crippen molar-refractivity contribution in [3.8, 4) is 5.75 Å². The lowest BCUT2D eigenvalue weighted by molar-refractivity contribution is 0.396. The number of nitrogens with zero attached hydrogens (tertiary/aromatic N) is 1. The van der Waals surface area contributed by atoms with Crippen molar-refractivity contribution in [2.45, 2.75) is 26.7 Å². The number of methoxy groups -OCH3 is 1. The zero-order chi connectivity index (χ0) is 14.3. The molecule has 0 spiro atoms. The predicted molar refractivity (Wildman–Crippen MR) is 82.9 cm³/mol. The number of hydrogen-bond acceptors (Lipinski definition) is 3. The molecule has 0 heterocycles. The number of anilines is 1. The van der Waals surface area contributed by atoms with Crippen LogP contribution in [0.2, 0.25) is 0 Å². The standard InChI is InChI=1S/C16H28N2O/c1-13(2)11-14(12-17)9-10-18(3)15-5-7-16(19-4)8-6-15/h5-8,13-14H,9-12,17H2,1-4H3. The van der Waals surface area contributed by atoms with E-state index in [0.717, 1.165) is 31.2 Å². The van der Waals surface area contributed by atoms with Gasteiger partial charge in [0, 0.05) is 19.3 Å². The van der Waals surface area contributed by atoms with E-state index in [1.54, 1.807) is 7.11 Å². The molecule has 0 radical (unpaired) electrons. The van der Waals surface area contributed by atoms with Gasteiger partial charge in [-0.15, -0.1) is 0 Å². The molecule has 1 atom stereocenters. The number of hydrogen-bond donors (Lipinski definition) is 1. The predicted octanol–water partition coefficient (Wildman–Crippen LogP) is 3.14. The quantitative estimate of drug-likeness (QED) is 0.784. The van der Waals surface area contributed by atoms with Gasteiger partial charge >= 0.3 is 0 Å². The van der Waals surface area contributed by atoms with E-state index >= 15 is 0 Å². The van der Waals surface area contributed by atoms with Crippen molar-refractivity contribution in [1.29, 1.82) is 0 Å². The zero-order valence-corrected chi connectivity index (χ0v) is 12.7. The number of benzene rings is 1. The molecule has 0 aliphatic rings. The number of nitrogens with two attached hydrogens (primary N) is 1. The minimum absolute atomic E-state index is 0.626. The molecule has 0 fully saturated rings. The molecule has 19 heavy (non-hydrogen) atoms. The highest BCUT2D eigenvalue weighted by atomic mass is 16.5. The van der Waals surface area contributed by atoms with Gasteiger partial charge in [-0.25, -0.2) is 0 Å². The Hall–Kier alpha value is -1.22. The second kappa shape index (κ2) is 8.05. The van der Waals surface area contributed by atoms with Crippen LogP contribution in [0.5, 0.6) is 5.75 Å². The SMILES string of the molecule is COc1ccc(N(C)CCC(CN)CC(C)C)cc1. The lowest BCUT2D eigenvalue weighted by atomic mass is 9.94. The Morgan fingerprint density at radius 1 is 1.21 bits per heavy atom. The van der Waals surface area contributed by atoms with Crippen molar-refractivity contribution < 1.29 is 4.74 Å². The van der Waals surface area contributed by atoms with Crippen LogP contribution in [0.15, 0.2) is 24.3 Å². The lowest BCUT2D eigenvalue weighted by Gasteiger charge is -2.23. The largest absolute Gasteiger partial charge is 0.497 e. The summed E-state index contributed by atoms with van der Waals surface area (Å²) in [5.41, 5.74) is 7.07. The molecule has 0 aromatic heterocycles. The van der Waals surface area contributed by atoms with Gasteiger partial charge in [-0.1, -0.05) is 13.8 Å². The highest BCUT2D eigenvalue weighted by molar-refractivity contribution is 5.48. The third-order valence-electron chi connectivity index (χ3n) is 3.52. The molecule has 1 aromatic rings. The second-order valence-electron chi connectivity index (χ2n) is 5.64. The fourth-order valence-electron chi connectivity index (χ4n) is 2.34. The first-order valence-corrected chi connectivity index (χ1v) is 7.12. The minimum atomic E-state index is 0.626. The Kier molecular flexibility index (Phi) is 6.71. The third kappa shape index (κ3) is 5.52. The summed E-state index contributed by atoms with van der Waals surface area (Å²) in [6.45, 7) is 6.35. The summed E-state index contributed by atoms with van der Waals surface area (Å²) in [5.74, 6) is 2.25. The Balaban J connectivity index is 2.46. The normalized spacial score (nSPS) is 12.5. The Bertz CT molecular complexity index is 348. The average molecular weight is 264 g/mol. The van der Waals surface area contributed by atoms with Gasteiger partial charge in [-0.05, 0) is 55.5 Å². The van der Waals surface area contributed by atoms with Gasteiger partial charge in [0.2, 0.25) is 0 Å². The van der Waals surface area contributed by atoms with Gasteiger partial charge in [0.15, 0.2) is 0 Å². The van der Waals surface area contributed by atoms with Gasteiger partial charge in [-0.3, -0.25) is 0 Å². The fraction of sp³-hybridized carbons (Fsp3) is 0.625. The zero-order valence-electron chi connectivity index (χ0n) is 12.7. The van der Waals surface area contributed by atoms with Crippen LogP contribution < -0.4 is 15.4 Å². The molecule has 0 saturated heterocycles. The van der Waals surface area contributed by atoms with Crippen LogP contribution in [-0.2, 0) is 0 Å². The van der Waals surface area contributed by atoms with Crippen molar-refractivity contribution in [1.82, 2.24) is 0 Å². The van der Waals surface area contributed by atoms with E-state index in [2.05, 4.69) is 37.9 Å². The van der Waals surface area contributed by atoms with Crippen LogP contribution in [0.4, 0.5) is 5.69 Å². The van der Waals surface area contributed by atoms with E-state index in [1.807, 2.05) is 12.1 Å². The monoisotopic (exact) mass is 264 g/mol. The molecule has 3 heteroatoms. The van der Waals surface area contributed by atoms with E-state index in [1.165, 1.54) is 12.1 Å². The molecular formula is C16H28N2O. The van der Waals surface area contributed by atoms with Gasteiger partial charge in [0.1, 0.15) is 5.75 Å². The number of rotatable bonds is 8. The van der Waals surface area contributed by atoms with Gasteiger partial charge < -0.3 is 15.4 Å². The van der Waals surface area contributed by atoms with Crippen molar-refractivity contribution in [2.24, 2.45) is 17.6 Å². The number of ether oxygens (including phenoxy) is 1. The Morgan fingerprint density at radius 3 is 2.32 bits per heavy atom. The fourth-order valence-corrected chi connectivity index (χ4v) is 2.34. The van der Waals surface area contributed by atoms with Gasteiger partial charge in [0.25, 0.3) is 0 Å². The first-order valence-electron chi connectivity index (χ1n) is 7.12. The summed E-state index contributed by atoms with van der Waals surface area (Å²) in [4.78, 5) is 2.28. The maximum absolute atomic E-state index is 5.85. The molecule has 1 rings (SSSR count). The molecule has 1 aromatic carbocycles. The van der Waals surface area contributed by atoms with E-state index in [9.17, 15) is 0 Å². The Labute approximate surface area is 117 Å². The lowest BCUT2D eigenvalue weighted by Crippen LogP contribution is -2.25. The maximum atomic E-state index is 5.85. The van der Waals surface area contributed by atoms with Gasteiger partial charge in [0.05, 0.1) is 7.11 Å². The van der Waals surface area contributed by atoms with Crippen LogP contribution in [-0.4, -0.2) is 27.2 Å². The molecule has 2 N–H and O–H groups in total. The van der Waals surface area contributed by atoms with Crippen molar-refractivity contribution in [3.63, 3.8) is 0 Å². The van der Waals surface area contributed by atoms with E-state index in [0.29, 0.717) is 5.92 Å². The van der Waals surface area contributed by atoms with Crippen LogP contribution in [0, 0.1) is 11.8 Å². The van der Waals surface area contributed by atoms with Crippen LogP contribution in [0.3, 0.4) is 0 Å². The van der Waals surface area contributed by atoms with Crippen LogP contribution >= 0.6 is 0 Å². The maximum Gasteiger partial charge on any atom is 0.119 e. The molecule has 0 saturated carbocycles. The first kappa shape index (κ1) is 15.8. The van der Waals surface area contributed by atoms with Gasteiger partial charge in [-0.2, -0.15) is 0 Å². The Morgan fingerprint density at radius 2 is 1.84 bits per heavy atom. The summed E-state index contributed by atoms with van der Waals surface area (Å²) in [7, 11) is 3.82. The van der Waals surface area contributed by atoms with Crippen molar-refractivity contribution >= 4 is 5.69 Å². The molecule has 0 aliphatic heterocycles. The topological polar surface area (TPSA) is 38.5 Å². The summed E-state index contributed by atoms with van der Waals surface area (Å²) in [5, 5.41) is 0. The molecule has 3 nitrogen and oxygen atoms in total. The summed E-state index contributed by atoms with van der Waals surface area (Å²) in [6, 6.07) is 8.19. The molecule has 1 unspecified atom stereocenters. The first-order chi connectivity index (χ1) is 9.06. The van der Waals surface area contributed by atoms with E-state index in [4.69, 9.17) is 10.5 Å². The smallest absolute Gasteiger partial charge is 0.119 e. The van der Waals surface area contributed by atoms with E-state index < -0.39 is 0 Å². The second-order valence-corrected chi connectivity index (χ2v) is 5.64. The molecule has 108 valence electrons. The third-order valence-corrected chi connectivity index (χ3v) is 3.52. The van der Waals surface area contributed by atoms with Crippen molar-refractivity contribution in [3.05, 3.63) is 24.3 Å². The molecule has 0 aliphatic carbocycles. The highest BCUT2D eigenvalue weighted by Crippen LogP contribution is 2.20.